The van der Waals surface area contributed by atoms with Gasteiger partial charge in [0.15, 0.2) is 5.78 Å². The third-order valence-electron chi connectivity index (χ3n) is 3.82. The van der Waals surface area contributed by atoms with Gasteiger partial charge in [-0.1, -0.05) is 54.6 Å². The summed E-state index contributed by atoms with van der Waals surface area (Å²) in [5.41, 5.74) is 2.85. The van der Waals surface area contributed by atoms with Crippen LogP contribution in [0.2, 0.25) is 0 Å². The van der Waals surface area contributed by atoms with E-state index in [1.807, 2.05) is 61.6 Å². The second-order valence-electron chi connectivity index (χ2n) is 5.67. The number of carbonyl (C=O) groups excluding carboxylic acids is 2. The van der Waals surface area contributed by atoms with Crippen LogP contribution in [-0.2, 0) is 4.79 Å². The molecule has 0 atom stereocenters. The highest BCUT2D eigenvalue weighted by atomic mass is 16.2. The Morgan fingerprint density at radius 3 is 2.17 bits per heavy atom. The van der Waals surface area contributed by atoms with Crippen molar-refractivity contribution >= 4 is 11.7 Å². The van der Waals surface area contributed by atoms with Gasteiger partial charge in [-0.2, -0.15) is 0 Å². The lowest BCUT2D eigenvalue weighted by Crippen LogP contribution is -2.26. The molecule has 4 nitrogen and oxygen atoms in total. The number of nitrogens with one attached hydrogen (secondary N) is 2. The maximum absolute atomic E-state index is 12.2. The van der Waals surface area contributed by atoms with E-state index in [-0.39, 0.29) is 24.5 Å². The minimum atomic E-state index is -0.0691. The van der Waals surface area contributed by atoms with E-state index in [1.165, 1.54) is 0 Å². The fraction of sp³-hybridized carbons (Fsp3) is 0.300. The molecule has 0 saturated carbocycles. The smallest absolute Gasteiger partial charge is 0.220 e. The molecule has 0 aliphatic heterocycles. The van der Waals surface area contributed by atoms with E-state index in [0.29, 0.717) is 12.1 Å². The first-order chi connectivity index (χ1) is 11.7. The maximum Gasteiger partial charge on any atom is 0.220 e. The Bertz CT molecular complexity index is 651. The molecule has 0 radical (unpaired) electrons. The molecule has 0 aliphatic rings. The Balaban J connectivity index is 1.81. The number of hydrogen-bond acceptors (Lipinski definition) is 3. The molecule has 2 N–H and O–H groups in total. The van der Waals surface area contributed by atoms with Gasteiger partial charge in [-0.05, 0) is 31.1 Å². The average Bonchev–Trinajstić information content (AvgIpc) is 2.64. The molecule has 4 heteroatoms. The molecule has 1 amide bonds. The molecule has 0 saturated heterocycles. The van der Waals surface area contributed by atoms with Crippen LogP contribution in [-0.4, -0.2) is 31.8 Å². The largest absolute Gasteiger partial charge is 0.356 e. The minimum Gasteiger partial charge on any atom is -0.356 e. The van der Waals surface area contributed by atoms with Gasteiger partial charge in [0.2, 0.25) is 5.91 Å². The molecule has 0 aromatic heterocycles. The fourth-order valence-corrected chi connectivity index (χ4v) is 2.43. The molecule has 0 unspecified atom stereocenters. The molecule has 2 aromatic rings. The molecule has 2 rings (SSSR count). The highest BCUT2D eigenvalue weighted by Gasteiger charge is 2.09. The van der Waals surface area contributed by atoms with Crippen molar-refractivity contribution in [2.75, 3.05) is 20.1 Å². The summed E-state index contributed by atoms with van der Waals surface area (Å²) in [5.74, 6) is -0.0691. The van der Waals surface area contributed by atoms with Gasteiger partial charge in [0, 0.05) is 24.9 Å². The average molecular weight is 324 g/mol. The molecule has 0 bridgehead atoms. The summed E-state index contributed by atoms with van der Waals surface area (Å²) in [6.07, 6.45) is 1.36. The summed E-state index contributed by atoms with van der Waals surface area (Å²) >= 11 is 0. The van der Waals surface area contributed by atoms with Crippen molar-refractivity contribution in [3.63, 3.8) is 0 Å². The predicted octanol–water partition coefficient (Wildman–Crippen LogP) is 3.04. The Kier molecular flexibility index (Phi) is 7.18. The zero-order valence-corrected chi connectivity index (χ0v) is 14.0. The van der Waals surface area contributed by atoms with Crippen molar-refractivity contribution in [3.8, 4) is 11.1 Å². The van der Waals surface area contributed by atoms with Crippen LogP contribution in [0.3, 0.4) is 0 Å². The van der Waals surface area contributed by atoms with Crippen LogP contribution in [0.15, 0.2) is 54.6 Å². The van der Waals surface area contributed by atoms with Crippen molar-refractivity contribution in [2.45, 2.75) is 19.3 Å². The fourth-order valence-electron chi connectivity index (χ4n) is 2.43. The van der Waals surface area contributed by atoms with Crippen LogP contribution < -0.4 is 10.6 Å². The van der Waals surface area contributed by atoms with Crippen LogP contribution in [0.1, 0.15) is 29.6 Å². The Morgan fingerprint density at radius 2 is 1.50 bits per heavy atom. The number of Topliss-reactive ketones (excluding diaryl/α,β-unsaturated/α-hetero) is 1. The van der Waals surface area contributed by atoms with Crippen molar-refractivity contribution < 1.29 is 9.59 Å². The molecule has 126 valence electrons. The van der Waals surface area contributed by atoms with Crippen LogP contribution in [0.4, 0.5) is 0 Å². The standard InChI is InChI=1S/C20H24N2O2/c1-21-14-5-15-22-20(24)13-12-19(23)18-10-8-17(9-11-18)16-6-3-2-4-7-16/h2-4,6-11,21H,5,12-15H2,1H3,(H,22,24). The second kappa shape index (κ2) is 9.63. The summed E-state index contributed by atoms with van der Waals surface area (Å²) in [7, 11) is 1.88. The van der Waals surface area contributed by atoms with E-state index < -0.39 is 0 Å². The zero-order valence-electron chi connectivity index (χ0n) is 14.0. The van der Waals surface area contributed by atoms with Gasteiger partial charge in [0.1, 0.15) is 0 Å². The first-order valence-corrected chi connectivity index (χ1v) is 8.30. The SMILES string of the molecule is CNCCCNC(=O)CCC(=O)c1ccc(-c2ccccc2)cc1. The van der Waals surface area contributed by atoms with E-state index in [0.717, 1.165) is 24.1 Å². The number of benzene rings is 2. The summed E-state index contributed by atoms with van der Waals surface area (Å²) in [6, 6.07) is 17.6. The monoisotopic (exact) mass is 324 g/mol. The van der Waals surface area contributed by atoms with Crippen molar-refractivity contribution in [1.82, 2.24) is 10.6 Å². The van der Waals surface area contributed by atoms with Crippen LogP contribution in [0.5, 0.6) is 0 Å². The van der Waals surface area contributed by atoms with Crippen LogP contribution in [0.25, 0.3) is 11.1 Å². The molecule has 0 fully saturated rings. The topological polar surface area (TPSA) is 58.2 Å². The van der Waals surface area contributed by atoms with Gasteiger partial charge in [-0.15, -0.1) is 0 Å². The summed E-state index contributed by atoms with van der Waals surface area (Å²) in [6.45, 7) is 1.51. The third-order valence-corrected chi connectivity index (χ3v) is 3.82. The molecule has 0 spiro atoms. The van der Waals surface area contributed by atoms with E-state index in [2.05, 4.69) is 10.6 Å². The second-order valence-corrected chi connectivity index (χ2v) is 5.67. The van der Waals surface area contributed by atoms with E-state index in [1.54, 1.807) is 0 Å². The highest BCUT2D eigenvalue weighted by Crippen LogP contribution is 2.19. The van der Waals surface area contributed by atoms with Crippen LogP contribution >= 0.6 is 0 Å². The Hall–Kier alpha value is -2.46. The number of ketones is 1. The van der Waals surface area contributed by atoms with Gasteiger partial charge in [-0.25, -0.2) is 0 Å². The van der Waals surface area contributed by atoms with E-state index in [4.69, 9.17) is 0 Å². The van der Waals surface area contributed by atoms with Gasteiger partial charge in [0.25, 0.3) is 0 Å². The van der Waals surface area contributed by atoms with E-state index in [9.17, 15) is 9.59 Å². The molecular weight excluding hydrogens is 300 g/mol. The molecule has 2 aromatic carbocycles. The quantitative estimate of drug-likeness (QED) is 0.550. The third kappa shape index (κ3) is 5.63. The molecule has 0 aliphatic carbocycles. The highest BCUT2D eigenvalue weighted by molar-refractivity contribution is 5.98. The first-order valence-electron chi connectivity index (χ1n) is 8.30. The number of hydrogen-bond donors (Lipinski definition) is 2. The maximum atomic E-state index is 12.2. The van der Waals surface area contributed by atoms with Crippen molar-refractivity contribution in [1.29, 1.82) is 0 Å². The van der Waals surface area contributed by atoms with E-state index >= 15 is 0 Å². The van der Waals surface area contributed by atoms with Crippen molar-refractivity contribution in [3.05, 3.63) is 60.2 Å². The van der Waals surface area contributed by atoms with Crippen molar-refractivity contribution in [2.24, 2.45) is 0 Å². The molecular formula is C20H24N2O2. The Morgan fingerprint density at radius 1 is 0.833 bits per heavy atom. The van der Waals surface area contributed by atoms with Gasteiger partial charge < -0.3 is 10.6 Å². The summed E-state index contributed by atoms with van der Waals surface area (Å²) in [4.78, 5) is 23.9. The number of rotatable bonds is 9. The predicted molar refractivity (Wildman–Crippen MR) is 97.0 cm³/mol. The zero-order chi connectivity index (χ0) is 17.2. The minimum absolute atomic E-state index is 0.0000125. The summed E-state index contributed by atoms with van der Waals surface area (Å²) < 4.78 is 0. The van der Waals surface area contributed by atoms with Gasteiger partial charge in [0.05, 0.1) is 0 Å². The van der Waals surface area contributed by atoms with Gasteiger partial charge in [-0.3, -0.25) is 9.59 Å². The first kappa shape index (κ1) is 17.9. The lowest BCUT2D eigenvalue weighted by Gasteiger charge is -2.06. The number of carbonyl (C=O) groups is 2. The lowest BCUT2D eigenvalue weighted by atomic mass is 10.0. The number of amides is 1. The van der Waals surface area contributed by atoms with Gasteiger partial charge >= 0.3 is 0 Å². The normalized spacial score (nSPS) is 10.4. The summed E-state index contributed by atoms with van der Waals surface area (Å²) in [5, 5.41) is 5.85. The Labute approximate surface area is 143 Å². The van der Waals surface area contributed by atoms with Crippen LogP contribution in [0, 0.1) is 0 Å². The lowest BCUT2D eigenvalue weighted by molar-refractivity contribution is -0.121. The molecule has 0 heterocycles. The molecule has 24 heavy (non-hydrogen) atoms.